The fourth-order valence-corrected chi connectivity index (χ4v) is 4.31. The quantitative estimate of drug-likeness (QED) is 0.336. The molecule has 180 valence electrons. The second kappa shape index (κ2) is 10.3. The summed E-state index contributed by atoms with van der Waals surface area (Å²) in [6.45, 7) is 0. The van der Waals surface area contributed by atoms with Crippen molar-refractivity contribution in [3.63, 3.8) is 0 Å². The molecule has 0 spiro atoms. The summed E-state index contributed by atoms with van der Waals surface area (Å²) in [7, 11) is 1.69. The number of phenols is 1. The van der Waals surface area contributed by atoms with Crippen LogP contribution in [0.25, 0.3) is 12.2 Å². The van der Waals surface area contributed by atoms with Gasteiger partial charge in [-0.2, -0.15) is 0 Å². The molecule has 3 aromatic carbocycles. The second-order valence-corrected chi connectivity index (χ2v) is 8.65. The molecule has 0 aliphatic carbocycles. The minimum absolute atomic E-state index is 0.0573. The van der Waals surface area contributed by atoms with Gasteiger partial charge in [-0.25, -0.2) is 12.8 Å². The van der Waals surface area contributed by atoms with Gasteiger partial charge in [-0.05, 0) is 42.0 Å². The van der Waals surface area contributed by atoms with Crippen molar-refractivity contribution in [2.75, 3.05) is 33.2 Å². The standard InChI is InChI=1S/C24H24FNO7S/c1-30-21-14-19(26-34(28,29)18-7-5-6-17(25)13-18)16(12-20(21)27)9-8-15-10-22(31-2)24(33-4)23(11-15)32-3/h5-14,26-27H,1-4H3. The fraction of sp³-hybridized carbons (Fsp3) is 0.167. The maximum Gasteiger partial charge on any atom is 0.262 e. The molecule has 8 nitrogen and oxygen atoms in total. The molecule has 2 N–H and O–H groups in total. The van der Waals surface area contributed by atoms with E-state index in [-0.39, 0.29) is 22.1 Å². The highest BCUT2D eigenvalue weighted by molar-refractivity contribution is 7.92. The van der Waals surface area contributed by atoms with Gasteiger partial charge in [0.15, 0.2) is 23.0 Å². The zero-order valence-corrected chi connectivity index (χ0v) is 19.8. The van der Waals surface area contributed by atoms with Gasteiger partial charge in [-0.3, -0.25) is 4.72 Å². The Kier molecular flexibility index (Phi) is 7.52. The highest BCUT2D eigenvalue weighted by atomic mass is 32.2. The van der Waals surface area contributed by atoms with E-state index in [9.17, 15) is 17.9 Å². The fourth-order valence-electron chi connectivity index (χ4n) is 3.20. The zero-order valence-electron chi connectivity index (χ0n) is 19.0. The predicted molar refractivity (Wildman–Crippen MR) is 127 cm³/mol. The summed E-state index contributed by atoms with van der Waals surface area (Å²) in [5.74, 6) is 0.473. The highest BCUT2D eigenvalue weighted by Crippen LogP contribution is 2.39. The van der Waals surface area contributed by atoms with Crippen LogP contribution >= 0.6 is 0 Å². The Morgan fingerprint density at radius 2 is 1.50 bits per heavy atom. The van der Waals surface area contributed by atoms with Crippen LogP contribution in [-0.4, -0.2) is 42.0 Å². The molecule has 0 amide bonds. The molecular weight excluding hydrogens is 465 g/mol. The van der Waals surface area contributed by atoms with Gasteiger partial charge in [0.05, 0.1) is 39.0 Å². The minimum Gasteiger partial charge on any atom is -0.504 e. The van der Waals surface area contributed by atoms with E-state index < -0.39 is 15.8 Å². The maximum atomic E-state index is 13.6. The Labute approximate surface area is 197 Å². The van der Waals surface area contributed by atoms with Crippen molar-refractivity contribution in [3.05, 3.63) is 65.5 Å². The van der Waals surface area contributed by atoms with Gasteiger partial charge in [0.1, 0.15) is 5.82 Å². The molecule has 0 unspecified atom stereocenters. The molecule has 0 aromatic heterocycles. The number of hydrogen-bond acceptors (Lipinski definition) is 7. The Morgan fingerprint density at radius 1 is 0.853 bits per heavy atom. The Balaban J connectivity index is 2.06. The molecular formula is C24H24FNO7S. The molecule has 0 heterocycles. The number of rotatable bonds is 9. The molecule has 0 atom stereocenters. The molecule has 3 aromatic rings. The van der Waals surface area contributed by atoms with Crippen molar-refractivity contribution in [2.24, 2.45) is 0 Å². The van der Waals surface area contributed by atoms with Crippen LogP contribution in [0, 0.1) is 5.82 Å². The molecule has 0 saturated heterocycles. The van der Waals surface area contributed by atoms with E-state index in [2.05, 4.69) is 4.72 Å². The molecule has 0 aliphatic rings. The molecule has 3 rings (SSSR count). The van der Waals surface area contributed by atoms with Crippen LogP contribution in [0.4, 0.5) is 10.1 Å². The van der Waals surface area contributed by atoms with E-state index in [0.29, 0.717) is 28.4 Å². The Hall–Kier alpha value is -3.92. The first-order valence-electron chi connectivity index (χ1n) is 9.90. The van der Waals surface area contributed by atoms with Crippen LogP contribution in [0.1, 0.15) is 11.1 Å². The third-order valence-electron chi connectivity index (χ3n) is 4.84. The van der Waals surface area contributed by atoms with E-state index in [0.717, 1.165) is 12.1 Å². The lowest BCUT2D eigenvalue weighted by atomic mass is 10.1. The summed E-state index contributed by atoms with van der Waals surface area (Å²) in [6, 6.07) is 10.7. The number of aromatic hydroxyl groups is 1. The van der Waals surface area contributed by atoms with E-state index in [1.54, 1.807) is 24.3 Å². The van der Waals surface area contributed by atoms with Crippen molar-refractivity contribution < 1.29 is 36.9 Å². The molecule has 0 fully saturated rings. The van der Waals surface area contributed by atoms with Crippen molar-refractivity contribution in [1.82, 2.24) is 0 Å². The van der Waals surface area contributed by atoms with Crippen LogP contribution in [0.5, 0.6) is 28.7 Å². The van der Waals surface area contributed by atoms with Crippen LogP contribution in [0.15, 0.2) is 53.4 Å². The summed E-state index contributed by atoms with van der Waals surface area (Å²) in [5.41, 5.74) is 1.10. The largest absolute Gasteiger partial charge is 0.504 e. The minimum atomic E-state index is -4.13. The van der Waals surface area contributed by atoms with Gasteiger partial charge < -0.3 is 24.1 Å². The third kappa shape index (κ3) is 5.34. The number of phenolic OH excluding ortho intramolecular Hbond substituents is 1. The summed E-state index contributed by atoms with van der Waals surface area (Å²) in [6.07, 6.45) is 3.26. The topological polar surface area (TPSA) is 103 Å². The van der Waals surface area contributed by atoms with E-state index >= 15 is 0 Å². The van der Waals surface area contributed by atoms with Crippen molar-refractivity contribution in [1.29, 1.82) is 0 Å². The maximum absolute atomic E-state index is 13.6. The molecule has 34 heavy (non-hydrogen) atoms. The number of anilines is 1. The average molecular weight is 490 g/mol. The van der Waals surface area contributed by atoms with Gasteiger partial charge in [-0.1, -0.05) is 18.2 Å². The SMILES string of the molecule is COc1cc(NS(=O)(=O)c2cccc(F)c2)c(C=Cc2cc(OC)c(OC)c(OC)c2)cc1O. The third-order valence-corrected chi connectivity index (χ3v) is 6.21. The summed E-state index contributed by atoms with van der Waals surface area (Å²) >= 11 is 0. The lowest BCUT2D eigenvalue weighted by Crippen LogP contribution is -2.14. The van der Waals surface area contributed by atoms with Crippen molar-refractivity contribution in [2.45, 2.75) is 4.90 Å². The van der Waals surface area contributed by atoms with Gasteiger partial charge in [-0.15, -0.1) is 0 Å². The number of benzene rings is 3. The zero-order chi connectivity index (χ0) is 24.9. The van der Waals surface area contributed by atoms with Crippen LogP contribution in [-0.2, 0) is 10.0 Å². The number of nitrogens with one attached hydrogen (secondary N) is 1. The second-order valence-electron chi connectivity index (χ2n) is 6.97. The smallest absolute Gasteiger partial charge is 0.262 e. The van der Waals surface area contributed by atoms with Gasteiger partial charge in [0.25, 0.3) is 10.0 Å². The van der Waals surface area contributed by atoms with Gasteiger partial charge in [0.2, 0.25) is 5.75 Å². The lowest BCUT2D eigenvalue weighted by Gasteiger charge is -2.14. The first-order valence-corrected chi connectivity index (χ1v) is 11.4. The van der Waals surface area contributed by atoms with E-state index in [4.69, 9.17) is 18.9 Å². The Bertz CT molecular complexity index is 1300. The number of hydrogen-bond donors (Lipinski definition) is 2. The van der Waals surface area contributed by atoms with E-state index in [1.165, 1.54) is 52.7 Å². The van der Waals surface area contributed by atoms with Crippen LogP contribution in [0.3, 0.4) is 0 Å². The number of sulfonamides is 1. The summed E-state index contributed by atoms with van der Waals surface area (Å²) in [5, 5.41) is 10.3. The lowest BCUT2D eigenvalue weighted by molar-refractivity contribution is 0.324. The normalized spacial score (nSPS) is 11.3. The Morgan fingerprint density at radius 3 is 2.06 bits per heavy atom. The molecule has 0 saturated carbocycles. The van der Waals surface area contributed by atoms with E-state index in [1.807, 2.05) is 0 Å². The first-order chi connectivity index (χ1) is 16.2. The van der Waals surface area contributed by atoms with Crippen LogP contribution in [0.2, 0.25) is 0 Å². The summed E-state index contributed by atoms with van der Waals surface area (Å²) in [4.78, 5) is -0.251. The van der Waals surface area contributed by atoms with Crippen molar-refractivity contribution >= 4 is 27.9 Å². The number of halogens is 1. The van der Waals surface area contributed by atoms with Gasteiger partial charge >= 0.3 is 0 Å². The monoisotopic (exact) mass is 489 g/mol. The van der Waals surface area contributed by atoms with Crippen LogP contribution < -0.4 is 23.7 Å². The molecule has 0 radical (unpaired) electrons. The molecule has 0 aliphatic heterocycles. The van der Waals surface area contributed by atoms with Gasteiger partial charge in [0, 0.05) is 11.6 Å². The summed E-state index contributed by atoms with van der Waals surface area (Å²) < 4.78 is 62.8. The average Bonchev–Trinajstić information content (AvgIpc) is 2.82. The highest BCUT2D eigenvalue weighted by Gasteiger charge is 2.18. The molecule has 0 bridgehead atoms. The number of methoxy groups -OCH3 is 4. The van der Waals surface area contributed by atoms with Crippen molar-refractivity contribution in [3.8, 4) is 28.7 Å². The molecule has 10 heteroatoms. The number of ether oxygens (including phenoxy) is 4. The predicted octanol–water partition coefficient (Wildman–Crippen LogP) is 4.54. The first kappa shape index (κ1) is 24.7.